The van der Waals surface area contributed by atoms with E-state index in [0.717, 1.165) is 12.3 Å². The summed E-state index contributed by atoms with van der Waals surface area (Å²) in [5.74, 6) is 1.41. The first-order valence-electron chi connectivity index (χ1n) is 5.09. The minimum Gasteiger partial charge on any atom is -0.387 e. The molecule has 0 aromatic heterocycles. The average molecular weight is 203 g/mol. The maximum absolute atomic E-state index is 5.83. The summed E-state index contributed by atoms with van der Waals surface area (Å²) in [5, 5.41) is 0. The maximum Gasteiger partial charge on any atom is 0.124 e. The van der Waals surface area contributed by atoms with Crippen molar-refractivity contribution in [3.63, 3.8) is 0 Å². The van der Waals surface area contributed by atoms with Gasteiger partial charge in [-0.1, -0.05) is 37.3 Å². The molecule has 0 fully saturated rings. The van der Waals surface area contributed by atoms with Gasteiger partial charge in [-0.15, -0.1) is 0 Å². The van der Waals surface area contributed by atoms with Crippen LogP contribution >= 0.6 is 0 Å². The third-order valence-electron chi connectivity index (χ3n) is 2.08. The van der Waals surface area contributed by atoms with Gasteiger partial charge in [0.05, 0.1) is 0 Å². The molecule has 0 saturated heterocycles. The highest BCUT2D eigenvalue weighted by Gasteiger charge is 1.97. The van der Waals surface area contributed by atoms with E-state index in [9.17, 15) is 0 Å². The Bertz CT molecular complexity index is 352. The fraction of sp³-hybridized carbons (Fsp3) is 0.333. The smallest absolute Gasteiger partial charge is 0.124 e. The second kappa shape index (κ2) is 5.96. The summed E-state index contributed by atoms with van der Waals surface area (Å²) in [4.78, 5) is 8.29. The molecule has 0 heterocycles. The summed E-state index contributed by atoms with van der Waals surface area (Å²) in [6.07, 6.45) is 1.49. The van der Waals surface area contributed by atoms with E-state index in [2.05, 4.69) is 9.98 Å². The molecular weight excluding hydrogens is 186 g/mol. The van der Waals surface area contributed by atoms with Crippen molar-refractivity contribution >= 4 is 11.7 Å². The standard InChI is InChI=1S/C12H17N3/c1-3-12(14-2)15-11(13)9-10-7-5-4-6-8-10/h4-8H,3,9H2,1-2H3,(H2,13,14,15). The summed E-state index contributed by atoms with van der Waals surface area (Å²) in [6.45, 7) is 2.02. The van der Waals surface area contributed by atoms with E-state index < -0.39 is 0 Å². The fourth-order valence-electron chi connectivity index (χ4n) is 1.30. The molecule has 1 aromatic carbocycles. The number of hydrogen-bond acceptors (Lipinski definition) is 1. The molecule has 0 saturated carbocycles. The van der Waals surface area contributed by atoms with E-state index in [1.165, 1.54) is 5.56 Å². The molecule has 1 aromatic rings. The van der Waals surface area contributed by atoms with Gasteiger partial charge in [-0.2, -0.15) is 0 Å². The molecule has 0 unspecified atom stereocenters. The predicted molar refractivity (Wildman–Crippen MR) is 65.4 cm³/mol. The summed E-state index contributed by atoms with van der Waals surface area (Å²) < 4.78 is 0. The zero-order valence-electron chi connectivity index (χ0n) is 9.27. The lowest BCUT2D eigenvalue weighted by molar-refractivity contribution is 1.19. The quantitative estimate of drug-likeness (QED) is 0.593. The number of nitrogens with zero attached hydrogens (tertiary/aromatic N) is 2. The first-order chi connectivity index (χ1) is 7.26. The summed E-state index contributed by atoms with van der Waals surface area (Å²) >= 11 is 0. The molecule has 0 atom stereocenters. The van der Waals surface area contributed by atoms with Crippen molar-refractivity contribution in [2.75, 3.05) is 7.05 Å². The van der Waals surface area contributed by atoms with E-state index in [-0.39, 0.29) is 0 Å². The molecule has 0 aliphatic carbocycles. The van der Waals surface area contributed by atoms with Crippen LogP contribution in [0, 0.1) is 0 Å². The summed E-state index contributed by atoms with van der Waals surface area (Å²) in [5.41, 5.74) is 7.00. The van der Waals surface area contributed by atoms with E-state index in [1.807, 2.05) is 37.3 Å². The molecule has 0 amide bonds. The van der Waals surface area contributed by atoms with Gasteiger partial charge >= 0.3 is 0 Å². The van der Waals surface area contributed by atoms with Crippen LogP contribution < -0.4 is 5.73 Å². The van der Waals surface area contributed by atoms with Gasteiger partial charge in [-0.3, -0.25) is 4.99 Å². The zero-order valence-corrected chi connectivity index (χ0v) is 9.27. The number of aliphatic imine (C=N–C) groups is 2. The zero-order chi connectivity index (χ0) is 11.1. The molecule has 1 rings (SSSR count). The minimum atomic E-state index is 0.614. The molecule has 15 heavy (non-hydrogen) atoms. The van der Waals surface area contributed by atoms with Crippen LogP contribution in [0.5, 0.6) is 0 Å². The molecule has 0 radical (unpaired) electrons. The Hall–Kier alpha value is -1.64. The normalized spacial score (nSPS) is 12.9. The van der Waals surface area contributed by atoms with E-state index >= 15 is 0 Å². The Labute approximate surface area is 90.8 Å². The van der Waals surface area contributed by atoms with E-state index in [0.29, 0.717) is 12.3 Å². The van der Waals surface area contributed by atoms with Crippen LogP contribution in [-0.2, 0) is 6.42 Å². The Kier molecular flexibility index (Phi) is 4.54. The van der Waals surface area contributed by atoms with Crippen molar-refractivity contribution in [3.8, 4) is 0 Å². The molecule has 80 valence electrons. The molecule has 0 aliphatic heterocycles. The highest BCUT2D eigenvalue weighted by atomic mass is 14.9. The van der Waals surface area contributed by atoms with Crippen LogP contribution in [0.2, 0.25) is 0 Å². The van der Waals surface area contributed by atoms with Gasteiger partial charge in [0, 0.05) is 19.9 Å². The van der Waals surface area contributed by atoms with Gasteiger partial charge in [0.2, 0.25) is 0 Å². The van der Waals surface area contributed by atoms with Crippen molar-refractivity contribution in [3.05, 3.63) is 35.9 Å². The second-order valence-electron chi connectivity index (χ2n) is 3.26. The molecular formula is C12H17N3. The number of nitrogens with two attached hydrogens (primary N) is 1. The van der Waals surface area contributed by atoms with Gasteiger partial charge in [-0.05, 0) is 5.56 Å². The maximum atomic E-state index is 5.83. The fourth-order valence-corrected chi connectivity index (χ4v) is 1.30. The van der Waals surface area contributed by atoms with E-state index in [1.54, 1.807) is 7.05 Å². The third kappa shape index (κ3) is 3.94. The van der Waals surface area contributed by atoms with Crippen molar-refractivity contribution in [2.24, 2.45) is 15.7 Å². The van der Waals surface area contributed by atoms with Gasteiger partial charge in [0.15, 0.2) is 0 Å². The largest absolute Gasteiger partial charge is 0.387 e. The lowest BCUT2D eigenvalue weighted by atomic mass is 10.1. The van der Waals surface area contributed by atoms with Crippen LogP contribution in [0.3, 0.4) is 0 Å². The van der Waals surface area contributed by atoms with Crippen molar-refractivity contribution in [1.29, 1.82) is 0 Å². The van der Waals surface area contributed by atoms with Crippen molar-refractivity contribution < 1.29 is 0 Å². The lowest BCUT2D eigenvalue weighted by Gasteiger charge is -2.01. The SMILES string of the molecule is CCC(N=C(N)Cc1ccccc1)=NC. The van der Waals surface area contributed by atoms with Crippen LogP contribution in [0.4, 0.5) is 0 Å². The molecule has 2 N–H and O–H groups in total. The first kappa shape index (κ1) is 11.4. The van der Waals surface area contributed by atoms with E-state index in [4.69, 9.17) is 5.73 Å². The number of rotatable bonds is 3. The van der Waals surface area contributed by atoms with Crippen LogP contribution in [0.25, 0.3) is 0 Å². The van der Waals surface area contributed by atoms with Crippen molar-refractivity contribution in [1.82, 2.24) is 0 Å². The Morgan fingerprint density at radius 2 is 1.93 bits per heavy atom. The first-order valence-corrected chi connectivity index (χ1v) is 5.09. The predicted octanol–water partition coefficient (Wildman–Crippen LogP) is 2.02. The second-order valence-corrected chi connectivity index (χ2v) is 3.26. The summed E-state index contributed by atoms with van der Waals surface area (Å²) in [7, 11) is 1.73. The molecule has 3 heteroatoms. The highest BCUT2D eigenvalue weighted by molar-refractivity contribution is 5.96. The van der Waals surface area contributed by atoms with Gasteiger partial charge in [-0.25, -0.2) is 4.99 Å². The average Bonchev–Trinajstić information content (AvgIpc) is 2.27. The van der Waals surface area contributed by atoms with Crippen LogP contribution in [0.1, 0.15) is 18.9 Å². The molecule has 3 nitrogen and oxygen atoms in total. The lowest BCUT2D eigenvalue weighted by Crippen LogP contribution is -2.17. The van der Waals surface area contributed by atoms with Gasteiger partial charge in [0.1, 0.15) is 11.7 Å². The van der Waals surface area contributed by atoms with Gasteiger partial charge < -0.3 is 5.73 Å². The highest BCUT2D eigenvalue weighted by Crippen LogP contribution is 2.00. The topological polar surface area (TPSA) is 50.7 Å². The monoisotopic (exact) mass is 203 g/mol. The minimum absolute atomic E-state index is 0.614. The summed E-state index contributed by atoms with van der Waals surface area (Å²) in [6, 6.07) is 10.1. The van der Waals surface area contributed by atoms with Crippen LogP contribution in [0.15, 0.2) is 40.3 Å². The Morgan fingerprint density at radius 3 is 2.47 bits per heavy atom. The Morgan fingerprint density at radius 1 is 1.27 bits per heavy atom. The third-order valence-corrected chi connectivity index (χ3v) is 2.08. The number of amidine groups is 2. The van der Waals surface area contributed by atoms with Crippen LogP contribution in [-0.4, -0.2) is 18.7 Å². The number of benzene rings is 1. The Balaban J connectivity index is 2.67. The number of hydrogen-bond donors (Lipinski definition) is 1. The molecule has 0 spiro atoms. The van der Waals surface area contributed by atoms with Gasteiger partial charge in [0.25, 0.3) is 0 Å². The molecule has 0 aliphatic rings. The van der Waals surface area contributed by atoms with Crippen molar-refractivity contribution in [2.45, 2.75) is 19.8 Å². The molecule has 0 bridgehead atoms.